The Morgan fingerprint density at radius 3 is 2.20 bits per heavy atom. The van der Waals surface area contributed by atoms with Crippen LogP contribution >= 0.6 is 0 Å². The molecule has 0 radical (unpaired) electrons. The Morgan fingerprint density at radius 1 is 0.960 bits per heavy atom. The maximum atomic E-state index is 12.2. The first-order valence-corrected chi connectivity index (χ1v) is 8.88. The van der Waals surface area contributed by atoms with E-state index >= 15 is 0 Å². The molecule has 1 saturated heterocycles. The zero-order chi connectivity index (χ0) is 17.5. The summed E-state index contributed by atoms with van der Waals surface area (Å²) in [6.07, 6.45) is 2.17. The van der Waals surface area contributed by atoms with E-state index in [9.17, 15) is 4.79 Å². The molecule has 3 rings (SSSR count). The predicted octanol–water partition coefficient (Wildman–Crippen LogP) is 3.90. The van der Waals surface area contributed by atoms with Gasteiger partial charge in [0.1, 0.15) is 18.1 Å². The molecular weight excluding hydrogens is 314 g/mol. The Balaban J connectivity index is 1.43. The zero-order valence-corrected chi connectivity index (χ0v) is 14.7. The summed E-state index contributed by atoms with van der Waals surface area (Å²) in [7, 11) is 0. The van der Waals surface area contributed by atoms with Crippen molar-refractivity contribution in [3.05, 3.63) is 60.2 Å². The largest absolute Gasteiger partial charge is 0.489 e. The van der Waals surface area contributed by atoms with Crippen molar-refractivity contribution in [2.45, 2.75) is 26.4 Å². The van der Waals surface area contributed by atoms with Gasteiger partial charge < -0.3 is 14.4 Å². The van der Waals surface area contributed by atoms with Crippen LogP contribution in [0.2, 0.25) is 0 Å². The van der Waals surface area contributed by atoms with Crippen LogP contribution < -0.4 is 9.47 Å². The van der Waals surface area contributed by atoms with Crippen LogP contribution in [0, 0.1) is 5.92 Å². The lowest BCUT2D eigenvalue weighted by atomic mass is 9.99. The third-order valence-corrected chi connectivity index (χ3v) is 4.57. The van der Waals surface area contributed by atoms with E-state index in [2.05, 4.69) is 6.92 Å². The van der Waals surface area contributed by atoms with Crippen LogP contribution in [0.3, 0.4) is 0 Å². The fourth-order valence-corrected chi connectivity index (χ4v) is 2.87. The molecule has 0 aromatic heterocycles. The van der Waals surface area contributed by atoms with Crippen molar-refractivity contribution in [2.75, 3.05) is 19.7 Å². The Morgan fingerprint density at radius 2 is 1.56 bits per heavy atom. The quantitative estimate of drug-likeness (QED) is 0.801. The fourth-order valence-electron chi connectivity index (χ4n) is 2.87. The van der Waals surface area contributed by atoms with Gasteiger partial charge in [-0.05, 0) is 48.6 Å². The third kappa shape index (κ3) is 5.24. The van der Waals surface area contributed by atoms with Gasteiger partial charge in [-0.3, -0.25) is 4.79 Å². The third-order valence-electron chi connectivity index (χ3n) is 4.57. The number of rotatable bonds is 6. The molecule has 1 fully saturated rings. The summed E-state index contributed by atoms with van der Waals surface area (Å²) in [5.41, 5.74) is 1.13. The standard InChI is InChI=1S/C21H25NO3/c1-17-11-13-22(14-12-17)21(23)16-25-20-9-7-19(8-10-20)24-15-18-5-3-2-4-6-18/h2-10,17H,11-16H2,1H3. The number of benzene rings is 2. The molecule has 132 valence electrons. The number of ether oxygens (including phenoxy) is 2. The van der Waals surface area contributed by atoms with E-state index in [0.717, 1.165) is 37.2 Å². The van der Waals surface area contributed by atoms with Gasteiger partial charge in [-0.25, -0.2) is 0 Å². The molecule has 0 saturated carbocycles. The van der Waals surface area contributed by atoms with Crippen LogP contribution in [0.5, 0.6) is 11.5 Å². The lowest BCUT2D eigenvalue weighted by Gasteiger charge is -2.30. The Hall–Kier alpha value is -2.49. The summed E-state index contributed by atoms with van der Waals surface area (Å²) in [4.78, 5) is 14.1. The molecule has 4 heteroatoms. The molecule has 0 spiro atoms. The number of hydrogen-bond acceptors (Lipinski definition) is 3. The molecule has 2 aromatic rings. The lowest BCUT2D eigenvalue weighted by Crippen LogP contribution is -2.40. The Bertz CT molecular complexity index is 661. The van der Waals surface area contributed by atoms with Gasteiger partial charge in [0, 0.05) is 13.1 Å². The smallest absolute Gasteiger partial charge is 0.260 e. The van der Waals surface area contributed by atoms with Crippen molar-refractivity contribution in [3.63, 3.8) is 0 Å². The summed E-state index contributed by atoms with van der Waals surface area (Å²) >= 11 is 0. The highest BCUT2D eigenvalue weighted by Gasteiger charge is 2.20. The van der Waals surface area contributed by atoms with Crippen molar-refractivity contribution in [1.29, 1.82) is 0 Å². The van der Waals surface area contributed by atoms with Crippen LogP contribution in [0.4, 0.5) is 0 Å². The number of nitrogens with zero attached hydrogens (tertiary/aromatic N) is 1. The molecule has 4 nitrogen and oxygen atoms in total. The van der Waals surface area contributed by atoms with E-state index < -0.39 is 0 Å². The molecule has 2 aromatic carbocycles. The molecule has 0 N–H and O–H groups in total. The van der Waals surface area contributed by atoms with Crippen LogP contribution in [0.15, 0.2) is 54.6 Å². The first-order chi connectivity index (χ1) is 12.2. The Labute approximate surface area is 149 Å². The molecule has 1 amide bonds. The molecule has 1 heterocycles. The van der Waals surface area contributed by atoms with Gasteiger partial charge in [0.2, 0.25) is 0 Å². The van der Waals surface area contributed by atoms with E-state index in [4.69, 9.17) is 9.47 Å². The summed E-state index contributed by atoms with van der Waals surface area (Å²) in [6.45, 7) is 4.55. The first-order valence-electron chi connectivity index (χ1n) is 8.88. The van der Waals surface area contributed by atoms with Crippen LogP contribution in [-0.4, -0.2) is 30.5 Å². The van der Waals surface area contributed by atoms with E-state index in [-0.39, 0.29) is 12.5 Å². The van der Waals surface area contributed by atoms with E-state index in [1.807, 2.05) is 59.5 Å². The lowest BCUT2D eigenvalue weighted by molar-refractivity contribution is -0.134. The monoisotopic (exact) mass is 339 g/mol. The summed E-state index contributed by atoms with van der Waals surface area (Å²) < 4.78 is 11.4. The van der Waals surface area contributed by atoms with E-state index in [0.29, 0.717) is 18.3 Å². The summed E-state index contributed by atoms with van der Waals surface area (Å²) in [6, 6.07) is 17.5. The van der Waals surface area contributed by atoms with Crippen molar-refractivity contribution >= 4 is 5.91 Å². The number of piperidine rings is 1. The van der Waals surface area contributed by atoms with Crippen molar-refractivity contribution in [3.8, 4) is 11.5 Å². The van der Waals surface area contributed by atoms with Gasteiger partial charge >= 0.3 is 0 Å². The first kappa shape index (κ1) is 17.3. The molecule has 25 heavy (non-hydrogen) atoms. The highest BCUT2D eigenvalue weighted by Crippen LogP contribution is 2.20. The second-order valence-corrected chi connectivity index (χ2v) is 6.60. The van der Waals surface area contributed by atoms with Crippen LogP contribution in [-0.2, 0) is 11.4 Å². The van der Waals surface area contributed by atoms with E-state index in [1.54, 1.807) is 0 Å². The Kier molecular flexibility index (Phi) is 5.94. The molecule has 0 aliphatic carbocycles. The average Bonchev–Trinajstić information content (AvgIpc) is 2.67. The van der Waals surface area contributed by atoms with E-state index in [1.165, 1.54) is 0 Å². The zero-order valence-electron chi connectivity index (χ0n) is 14.7. The van der Waals surface area contributed by atoms with Crippen molar-refractivity contribution in [2.24, 2.45) is 5.92 Å². The number of carbonyl (C=O) groups excluding carboxylic acids is 1. The van der Waals surface area contributed by atoms with Gasteiger partial charge in [0.05, 0.1) is 0 Å². The highest BCUT2D eigenvalue weighted by molar-refractivity contribution is 5.77. The van der Waals surface area contributed by atoms with Crippen LogP contribution in [0.25, 0.3) is 0 Å². The molecule has 0 atom stereocenters. The number of likely N-dealkylation sites (tertiary alicyclic amines) is 1. The van der Waals surface area contributed by atoms with Gasteiger partial charge in [0.15, 0.2) is 6.61 Å². The van der Waals surface area contributed by atoms with Gasteiger partial charge in [-0.1, -0.05) is 37.3 Å². The second kappa shape index (κ2) is 8.56. The summed E-state index contributed by atoms with van der Waals surface area (Å²) in [5, 5.41) is 0. The maximum absolute atomic E-state index is 12.2. The second-order valence-electron chi connectivity index (χ2n) is 6.60. The summed E-state index contributed by atoms with van der Waals surface area (Å²) in [5.74, 6) is 2.25. The average molecular weight is 339 g/mol. The minimum absolute atomic E-state index is 0.0660. The van der Waals surface area contributed by atoms with Crippen molar-refractivity contribution in [1.82, 2.24) is 4.90 Å². The van der Waals surface area contributed by atoms with Gasteiger partial charge in [0.25, 0.3) is 5.91 Å². The minimum Gasteiger partial charge on any atom is -0.489 e. The molecule has 0 unspecified atom stereocenters. The number of amides is 1. The number of carbonyl (C=O) groups is 1. The topological polar surface area (TPSA) is 38.8 Å². The maximum Gasteiger partial charge on any atom is 0.260 e. The molecule has 1 aliphatic heterocycles. The fraction of sp³-hybridized carbons (Fsp3) is 0.381. The minimum atomic E-state index is 0.0660. The van der Waals surface area contributed by atoms with Gasteiger partial charge in [-0.15, -0.1) is 0 Å². The SMILES string of the molecule is CC1CCN(C(=O)COc2ccc(OCc3ccccc3)cc2)CC1. The highest BCUT2D eigenvalue weighted by atomic mass is 16.5. The molecular formula is C21H25NO3. The molecule has 1 aliphatic rings. The van der Waals surface area contributed by atoms with Crippen LogP contribution in [0.1, 0.15) is 25.3 Å². The van der Waals surface area contributed by atoms with Gasteiger partial charge in [-0.2, -0.15) is 0 Å². The predicted molar refractivity (Wildman–Crippen MR) is 97.7 cm³/mol. The normalized spacial score (nSPS) is 15.0. The molecule has 0 bridgehead atoms. The van der Waals surface area contributed by atoms with Crippen molar-refractivity contribution < 1.29 is 14.3 Å². The number of hydrogen-bond donors (Lipinski definition) is 0.